The summed E-state index contributed by atoms with van der Waals surface area (Å²) in [4.78, 5) is 0. The number of halogens is 1. The van der Waals surface area contributed by atoms with E-state index in [0.29, 0.717) is 5.75 Å². The molecule has 98 valence electrons. The Morgan fingerprint density at radius 2 is 2.00 bits per heavy atom. The molecule has 0 bridgehead atoms. The van der Waals surface area contributed by atoms with Gasteiger partial charge in [0, 0.05) is 12.5 Å². The first kappa shape index (κ1) is 12.2. The van der Waals surface area contributed by atoms with Crippen molar-refractivity contribution in [1.82, 2.24) is 0 Å². The maximum Gasteiger partial charge on any atom is 0.126 e. The van der Waals surface area contributed by atoms with Crippen LogP contribution < -0.4 is 10.5 Å². The normalized spacial score (nSPS) is 21.2. The molecule has 1 aliphatic carbocycles. The second-order valence-corrected chi connectivity index (χ2v) is 4.99. The van der Waals surface area contributed by atoms with Crippen LogP contribution in [0.15, 0.2) is 42.5 Å². The van der Waals surface area contributed by atoms with E-state index in [2.05, 4.69) is 6.07 Å². The average molecular weight is 257 g/mol. The Hall–Kier alpha value is -1.87. The highest BCUT2D eigenvalue weighted by Crippen LogP contribution is 2.33. The first-order valence-corrected chi connectivity index (χ1v) is 6.41. The lowest BCUT2D eigenvalue weighted by molar-refractivity contribution is 0.183. The summed E-state index contributed by atoms with van der Waals surface area (Å²) in [6.07, 6.45) is 0.644. The van der Waals surface area contributed by atoms with Gasteiger partial charge in [-0.25, -0.2) is 4.39 Å². The molecule has 2 unspecified atom stereocenters. The van der Waals surface area contributed by atoms with Crippen molar-refractivity contribution in [2.45, 2.75) is 25.5 Å². The van der Waals surface area contributed by atoms with E-state index in [1.165, 1.54) is 17.7 Å². The zero-order chi connectivity index (χ0) is 13.4. The number of nitrogens with two attached hydrogens (primary N) is 1. The van der Waals surface area contributed by atoms with Crippen LogP contribution in [0.1, 0.15) is 22.7 Å². The number of aryl methyl sites for hydroxylation is 1. The molecule has 2 aromatic rings. The Labute approximate surface area is 112 Å². The van der Waals surface area contributed by atoms with E-state index in [9.17, 15) is 4.39 Å². The predicted molar refractivity (Wildman–Crippen MR) is 72.6 cm³/mol. The van der Waals surface area contributed by atoms with Gasteiger partial charge in [0.2, 0.25) is 0 Å². The molecule has 0 aromatic heterocycles. The highest BCUT2D eigenvalue weighted by molar-refractivity contribution is 5.38. The maximum absolute atomic E-state index is 13.3. The molecular weight excluding hydrogens is 241 g/mol. The molecule has 0 spiro atoms. The van der Waals surface area contributed by atoms with Crippen molar-refractivity contribution < 1.29 is 9.13 Å². The van der Waals surface area contributed by atoms with Crippen LogP contribution in [0.2, 0.25) is 0 Å². The van der Waals surface area contributed by atoms with Gasteiger partial charge in [-0.15, -0.1) is 0 Å². The molecule has 0 saturated heterocycles. The van der Waals surface area contributed by atoms with Gasteiger partial charge in [-0.05, 0) is 29.7 Å². The molecule has 0 aliphatic heterocycles. The molecule has 3 rings (SSSR count). The van der Waals surface area contributed by atoms with E-state index in [-0.39, 0.29) is 18.0 Å². The van der Waals surface area contributed by atoms with Crippen molar-refractivity contribution in [3.8, 4) is 5.75 Å². The van der Waals surface area contributed by atoms with Crippen molar-refractivity contribution in [2.75, 3.05) is 0 Å². The van der Waals surface area contributed by atoms with Crippen LogP contribution in [0.25, 0.3) is 0 Å². The molecule has 0 saturated carbocycles. The Kier molecular flexibility index (Phi) is 2.99. The van der Waals surface area contributed by atoms with Crippen LogP contribution in [0.3, 0.4) is 0 Å². The minimum atomic E-state index is -0.287. The van der Waals surface area contributed by atoms with Crippen LogP contribution in [-0.4, -0.2) is 6.10 Å². The van der Waals surface area contributed by atoms with Crippen molar-refractivity contribution in [3.63, 3.8) is 0 Å². The van der Waals surface area contributed by atoms with Gasteiger partial charge in [-0.3, -0.25) is 0 Å². The number of hydrogen-bond donors (Lipinski definition) is 1. The summed E-state index contributed by atoms with van der Waals surface area (Å²) < 4.78 is 19.2. The van der Waals surface area contributed by atoms with Gasteiger partial charge in [0.1, 0.15) is 17.7 Å². The van der Waals surface area contributed by atoms with E-state index >= 15 is 0 Å². The molecule has 19 heavy (non-hydrogen) atoms. The fourth-order valence-corrected chi connectivity index (χ4v) is 2.57. The van der Waals surface area contributed by atoms with Gasteiger partial charge in [-0.1, -0.05) is 30.3 Å². The summed E-state index contributed by atoms with van der Waals surface area (Å²) in [5.41, 5.74) is 9.47. The molecule has 1 aliphatic rings. The van der Waals surface area contributed by atoms with Crippen LogP contribution in [0, 0.1) is 12.7 Å². The van der Waals surface area contributed by atoms with Gasteiger partial charge < -0.3 is 10.5 Å². The minimum absolute atomic E-state index is 0.127. The predicted octanol–water partition coefficient (Wildman–Crippen LogP) is 3.14. The monoisotopic (exact) mass is 257 g/mol. The van der Waals surface area contributed by atoms with Crippen molar-refractivity contribution >= 4 is 0 Å². The van der Waals surface area contributed by atoms with E-state index in [0.717, 1.165) is 17.5 Å². The van der Waals surface area contributed by atoms with E-state index < -0.39 is 0 Å². The van der Waals surface area contributed by atoms with E-state index in [4.69, 9.17) is 10.5 Å². The third-order valence-corrected chi connectivity index (χ3v) is 3.66. The van der Waals surface area contributed by atoms with E-state index in [1.54, 1.807) is 6.07 Å². The zero-order valence-corrected chi connectivity index (χ0v) is 10.8. The molecule has 0 amide bonds. The summed E-state index contributed by atoms with van der Waals surface area (Å²) in [6.45, 7) is 1.91. The van der Waals surface area contributed by atoms with Gasteiger partial charge in [0.05, 0.1) is 6.04 Å². The largest absolute Gasteiger partial charge is 0.488 e. The molecule has 2 N–H and O–H groups in total. The smallest absolute Gasteiger partial charge is 0.126 e. The fourth-order valence-electron chi connectivity index (χ4n) is 2.57. The number of benzene rings is 2. The second-order valence-electron chi connectivity index (χ2n) is 4.99. The van der Waals surface area contributed by atoms with Crippen molar-refractivity contribution in [2.24, 2.45) is 5.73 Å². The van der Waals surface area contributed by atoms with Gasteiger partial charge in [0.15, 0.2) is 0 Å². The molecular formula is C16H16FNO. The second kappa shape index (κ2) is 4.67. The van der Waals surface area contributed by atoms with Crippen LogP contribution in [0.4, 0.5) is 4.39 Å². The lowest BCUT2D eigenvalue weighted by Crippen LogP contribution is -2.28. The highest BCUT2D eigenvalue weighted by Gasteiger charge is 2.31. The maximum atomic E-state index is 13.3. The van der Waals surface area contributed by atoms with Crippen molar-refractivity contribution in [1.29, 1.82) is 0 Å². The standard InChI is InChI=1S/C16H16FNO/c1-10-6-7-12(17)9-14(10)19-15-8-11-4-2-3-5-13(11)16(15)18/h2-7,9,15-16H,8,18H2,1H3. The minimum Gasteiger partial charge on any atom is -0.488 e. The van der Waals surface area contributed by atoms with Crippen molar-refractivity contribution in [3.05, 3.63) is 65.0 Å². The molecule has 3 heteroatoms. The molecule has 2 nitrogen and oxygen atoms in total. The van der Waals surface area contributed by atoms with Crippen LogP contribution in [0.5, 0.6) is 5.75 Å². The Morgan fingerprint density at radius 3 is 2.79 bits per heavy atom. The first-order valence-electron chi connectivity index (χ1n) is 6.41. The summed E-state index contributed by atoms with van der Waals surface area (Å²) >= 11 is 0. The van der Waals surface area contributed by atoms with E-state index in [1.807, 2.05) is 25.1 Å². The molecule has 0 radical (unpaired) electrons. The van der Waals surface area contributed by atoms with Gasteiger partial charge in [-0.2, -0.15) is 0 Å². The van der Waals surface area contributed by atoms with Crippen LogP contribution in [-0.2, 0) is 6.42 Å². The zero-order valence-electron chi connectivity index (χ0n) is 10.8. The SMILES string of the molecule is Cc1ccc(F)cc1OC1Cc2ccccc2C1N. The summed E-state index contributed by atoms with van der Waals surface area (Å²) in [7, 11) is 0. The lowest BCUT2D eigenvalue weighted by atomic mass is 10.1. The van der Waals surface area contributed by atoms with Crippen LogP contribution >= 0.6 is 0 Å². The Balaban J connectivity index is 1.85. The average Bonchev–Trinajstić information content (AvgIpc) is 2.72. The quantitative estimate of drug-likeness (QED) is 0.897. The molecule has 0 fully saturated rings. The third kappa shape index (κ3) is 2.22. The van der Waals surface area contributed by atoms with Gasteiger partial charge >= 0.3 is 0 Å². The third-order valence-electron chi connectivity index (χ3n) is 3.66. The number of hydrogen-bond acceptors (Lipinski definition) is 2. The Morgan fingerprint density at radius 1 is 1.21 bits per heavy atom. The topological polar surface area (TPSA) is 35.2 Å². The van der Waals surface area contributed by atoms with Gasteiger partial charge in [0.25, 0.3) is 0 Å². The number of fused-ring (bicyclic) bond motifs is 1. The Bertz CT molecular complexity index is 611. The fraction of sp³-hybridized carbons (Fsp3) is 0.250. The molecule has 2 aromatic carbocycles. The highest BCUT2D eigenvalue weighted by atomic mass is 19.1. The summed E-state index contributed by atoms with van der Waals surface area (Å²) in [5, 5.41) is 0. The first-order chi connectivity index (χ1) is 9.15. The summed E-state index contributed by atoms with van der Waals surface area (Å²) in [6, 6.07) is 12.5. The lowest BCUT2D eigenvalue weighted by Gasteiger charge is -2.19. The molecule has 2 atom stereocenters. The number of ether oxygens (including phenoxy) is 1. The number of rotatable bonds is 2. The molecule has 0 heterocycles. The summed E-state index contributed by atoms with van der Waals surface area (Å²) in [5.74, 6) is 0.290.